The van der Waals surface area contributed by atoms with Crippen LogP contribution < -0.4 is 0 Å². The highest BCUT2D eigenvalue weighted by molar-refractivity contribution is 7.12. The number of hydrazone groups is 1. The average molecular weight is 377 g/mol. The zero-order chi connectivity index (χ0) is 17.8. The monoisotopic (exact) mass is 377 g/mol. The molecule has 132 valence electrons. The molecule has 0 fully saturated rings. The molecule has 6 nitrogen and oxygen atoms in total. The molecular formula is C17H19N3O3S2. The molecule has 2 aromatic rings. The Morgan fingerprint density at radius 1 is 1.32 bits per heavy atom. The molecule has 1 aliphatic rings. The third-order valence-electron chi connectivity index (χ3n) is 3.91. The van der Waals surface area contributed by atoms with Crippen molar-refractivity contribution < 1.29 is 14.3 Å². The van der Waals surface area contributed by atoms with Crippen LogP contribution in [-0.2, 0) is 14.3 Å². The maximum atomic E-state index is 12.8. The molecule has 0 bridgehead atoms. The van der Waals surface area contributed by atoms with E-state index in [1.165, 1.54) is 17.0 Å². The van der Waals surface area contributed by atoms with Gasteiger partial charge in [-0.1, -0.05) is 12.1 Å². The summed E-state index contributed by atoms with van der Waals surface area (Å²) in [6.45, 7) is -0.0624. The summed E-state index contributed by atoms with van der Waals surface area (Å²) < 4.78 is 4.84. The standard InChI is InChI=1S/C17H19N3O3S2/c1-19(17(22)11-23-2)10-16(21)20-13(15-6-4-8-25-15)9-12(18-20)14-5-3-7-24-14/h3-8,13H,9-11H2,1-2H3/t13-/m1/s1. The molecule has 1 aliphatic heterocycles. The van der Waals surface area contributed by atoms with Gasteiger partial charge in [-0.2, -0.15) is 5.10 Å². The molecule has 2 amide bonds. The highest BCUT2D eigenvalue weighted by atomic mass is 32.1. The van der Waals surface area contributed by atoms with Crippen LogP contribution in [0.4, 0.5) is 0 Å². The van der Waals surface area contributed by atoms with E-state index in [0.717, 1.165) is 15.5 Å². The zero-order valence-corrected chi connectivity index (χ0v) is 15.7. The van der Waals surface area contributed by atoms with E-state index >= 15 is 0 Å². The van der Waals surface area contributed by atoms with Gasteiger partial charge >= 0.3 is 0 Å². The van der Waals surface area contributed by atoms with Crippen LogP contribution in [0.3, 0.4) is 0 Å². The van der Waals surface area contributed by atoms with Gasteiger partial charge in [0.25, 0.3) is 5.91 Å². The quantitative estimate of drug-likeness (QED) is 0.777. The molecule has 0 aromatic carbocycles. The summed E-state index contributed by atoms with van der Waals surface area (Å²) in [6.07, 6.45) is 0.683. The van der Waals surface area contributed by atoms with E-state index in [4.69, 9.17) is 4.74 Å². The van der Waals surface area contributed by atoms with Crippen LogP contribution in [0, 0.1) is 0 Å². The molecule has 8 heteroatoms. The van der Waals surface area contributed by atoms with Crippen LogP contribution in [0.25, 0.3) is 0 Å². The average Bonchev–Trinajstić information content (AvgIpc) is 3.33. The van der Waals surface area contributed by atoms with Crippen LogP contribution in [0.15, 0.2) is 40.1 Å². The van der Waals surface area contributed by atoms with Crippen molar-refractivity contribution in [2.45, 2.75) is 12.5 Å². The molecule has 0 aliphatic carbocycles. The second-order valence-electron chi connectivity index (χ2n) is 5.68. The molecule has 1 atom stereocenters. The highest BCUT2D eigenvalue weighted by Crippen LogP contribution is 2.35. The van der Waals surface area contributed by atoms with Gasteiger partial charge in [0.15, 0.2) is 0 Å². The minimum Gasteiger partial charge on any atom is -0.375 e. The Hall–Kier alpha value is -2.03. The van der Waals surface area contributed by atoms with E-state index in [2.05, 4.69) is 5.10 Å². The van der Waals surface area contributed by atoms with Crippen molar-refractivity contribution in [3.8, 4) is 0 Å². The molecule has 0 saturated carbocycles. The van der Waals surface area contributed by atoms with Crippen LogP contribution in [-0.4, -0.2) is 54.7 Å². The fraction of sp³-hybridized carbons (Fsp3) is 0.353. The van der Waals surface area contributed by atoms with E-state index in [-0.39, 0.29) is 31.0 Å². The van der Waals surface area contributed by atoms with Crippen LogP contribution in [0.5, 0.6) is 0 Å². The van der Waals surface area contributed by atoms with Gasteiger partial charge < -0.3 is 9.64 Å². The molecule has 2 aromatic heterocycles. The number of hydrogen-bond acceptors (Lipinski definition) is 6. The van der Waals surface area contributed by atoms with Gasteiger partial charge in [-0.3, -0.25) is 9.59 Å². The summed E-state index contributed by atoms with van der Waals surface area (Å²) >= 11 is 3.22. The molecule has 0 unspecified atom stereocenters. The Bertz CT molecular complexity index is 756. The third kappa shape index (κ3) is 3.97. The van der Waals surface area contributed by atoms with Gasteiger partial charge in [0.05, 0.1) is 16.6 Å². The third-order valence-corrected chi connectivity index (χ3v) is 5.80. The predicted molar refractivity (Wildman–Crippen MR) is 98.9 cm³/mol. The van der Waals surface area contributed by atoms with Crippen molar-refractivity contribution in [1.29, 1.82) is 0 Å². The second-order valence-corrected chi connectivity index (χ2v) is 7.61. The number of nitrogens with zero attached hydrogens (tertiary/aromatic N) is 3. The van der Waals surface area contributed by atoms with Crippen molar-refractivity contribution in [2.24, 2.45) is 5.10 Å². The first-order chi connectivity index (χ1) is 12.1. The lowest BCUT2D eigenvalue weighted by molar-refractivity contribution is -0.142. The van der Waals surface area contributed by atoms with Gasteiger partial charge in [0, 0.05) is 25.5 Å². The number of rotatable bonds is 6. The van der Waals surface area contributed by atoms with Gasteiger partial charge in [-0.15, -0.1) is 22.7 Å². The molecule has 0 saturated heterocycles. The lowest BCUT2D eigenvalue weighted by Crippen LogP contribution is -2.40. The van der Waals surface area contributed by atoms with Gasteiger partial charge in [0.2, 0.25) is 5.91 Å². The number of hydrogen-bond donors (Lipinski definition) is 0. The molecule has 3 heterocycles. The number of thiophene rings is 2. The lowest BCUT2D eigenvalue weighted by Gasteiger charge is -2.23. The van der Waals surface area contributed by atoms with Crippen LogP contribution in [0.2, 0.25) is 0 Å². The van der Waals surface area contributed by atoms with E-state index < -0.39 is 0 Å². The Balaban J connectivity index is 1.79. The normalized spacial score (nSPS) is 16.8. The van der Waals surface area contributed by atoms with Gasteiger partial charge in [0.1, 0.15) is 13.2 Å². The maximum Gasteiger partial charge on any atom is 0.262 e. The fourth-order valence-corrected chi connectivity index (χ4v) is 4.16. The molecular weight excluding hydrogens is 358 g/mol. The van der Waals surface area contributed by atoms with Gasteiger partial charge in [-0.25, -0.2) is 5.01 Å². The first kappa shape index (κ1) is 17.8. The van der Waals surface area contributed by atoms with Crippen molar-refractivity contribution in [3.63, 3.8) is 0 Å². The fourth-order valence-electron chi connectivity index (χ4n) is 2.63. The minimum absolute atomic E-state index is 0.0225. The molecule has 0 spiro atoms. The summed E-state index contributed by atoms with van der Waals surface area (Å²) in [5.41, 5.74) is 0.910. The van der Waals surface area contributed by atoms with E-state index in [0.29, 0.717) is 6.42 Å². The summed E-state index contributed by atoms with van der Waals surface area (Å²) in [6, 6.07) is 7.86. The van der Waals surface area contributed by atoms with E-state index in [1.807, 2.05) is 35.0 Å². The number of likely N-dealkylation sites (N-methyl/N-ethyl adjacent to an activating group) is 1. The number of carbonyl (C=O) groups excluding carboxylic acids is 2. The predicted octanol–water partition coefficient (Wildman–Crippen LogP) is 2.59. The SMILES string of the molecule is COCC(=O)N(C)CC(=O)N1N=C(c2cccs2)C[C@@H]1c1cccs1. The largest absolute Gasteiger partial charge is 0.375 e. The Labute approximate surface area is 154 Å². The van der Waals surface area contributed by atoms with E-state index in [9.17, 15) is 9.59 Å². The first-order valence-corrected chi connectivity index (χ1v) is 9.55. The zero-order valence-electron chi connectivity index (χ0n) is 14.0. The van der Waals surface area contributed by atoms with Crippen molar-refractivity contribution in [1.82, 2.24) is 9.91 Å². The smallest absolute Gasteiger partial charge is 0.262 e. The summed E-state index contributed by atoms with van der Waals surface area (Å²) in [4.78, 5) is 28.2. The van der Waals surface area contributed by atoms with Crippen molar-refractivity contribution in [2.75, 3.05) is 27.3 Å². The van der Waals surface area contributed by atoms with Crippen LogP contribution >= 0.6 is 22.7 Å². The number of amides is 2. The van der Waals surface area contributed by atoms with E-state index in [1.54, 1.807) is 29.7 Å². The summed E-state index contributed by atoms with van der Waals surface area (Å²) in [5.74, 6) is -0.429. The molecule has 25 heavy (non-hydrogen) atoms. The molecule has 0 radical (unpaired) electrons. The maximum absolute atomic E-state index is 12.8. The topological polar surface area (TPSA) is 62.2 Å². The first-order valence-electron chi connectivity index (χ1n) is 7.80. The summed E-state index contributed by atoms with van der Waals surface area (Å²) in [5, 5.41) is 10.1. The number of carbonyl (C=O) groups is 2. The Morgan fingerprint density at radius 2 is 2.08 bits per heavy atom. The highest BCUT2D eigenvalue weighted by Gasteiger charge is 2.34. The molecule has 3 rings (SSSR count). The van der Waals surface area contributed by atoms with Crippen molar-refractivity contribution in [3.05, 3.63) is 44.8 Å². The Kier molecular flexibility index (Phi) is 5.62. The van der Waals surface area contributed by atoms with Crippen LogP contribution in [0.1, 0.15) is 22.2 Å². The van der Waals surface area contributed by atoms with Crippen molar-refractivity contribution >= 4 is 40.2 Å². The minimum atomic E-state index is -0.231. The van der Waals surface area contributed by atoms with Gasteiger partial charge in [-0.05, 0) is 22.9 Å². The lowest BCUT2D eigenvalue weighted by atomic mass is 10.1. The summed E-state index contributed by atoms with van der Waals surface area (Å²) in [7, 11) is 3.05. The second kappa shape index (κ2) is 7.90. The Morgan fingerprint density at radius 3 is 2.72 bits per heavy atom. The number of ether oxygens (including phenoxy) is 1. The number of methoxy groups -OCH3 is 1. The molecule has 0 N–H and O–H groups in total.